The summed E-state index contributed by atoms with van der Waals surface area (Å²) in [5.41, 5.74) is 4.81. The molecule has 1 unspecified atom stereocenters. The van der Waals surface area contributed by atoms with Gasteiger partial charge in [-0.25, -0.2) is 20.0 Å². The molecule has 11 heteroatoms. The predicted octanol–water partition coefficient (Wildman–Crippen LogP) is 3.94. The first-order chi connectivity index (χ1) is 19.4. The zero-order chi connectivity index (χ0) is 28.2. The first-order valence-corrected chi connectivity index (χ1v) is 12.6. The van der Waals surface area contributed by atoms with Crippen LogP contribution in [0.15, 0.2) is 67.0 Å². The second-order valence-corrected chi connectivity index (χ2v) is 9.29. The SMILES string of the molecule is Cl.NNC(=O)c1cc(-c2ccc(C#Cc3ccc(C(=O)N4CCCCC4C(=O)O)cc3)c(F)c2)nc2ccncc12. The van der Waals surface area contributed by atoms with Crippen LogP contribution in [-0.4, -0.2) is 50.3 Å². The van der Waals surface area contributed by atoms with Crippen molar-refractivity contribution in [3.8, 4) is 23.1 Å². The Labute approximate surface area is 241 Å². The number of fused-ring (bicyclic) bond motifs is 1. The third kappa shape index (κ3) is 6.17. The van der Waals surface area contributed by atoms with Crippen LogP contribution >= 0.6 is 12.4 Å². The highest BCUT2D eigenvalue weighted by atomic mass is 35.5. The Morgan fingerprint density at radius 3 is 2.54 bits per heavy atom. The summed E-state index contributed by atoms with van der Waals surface area (Å²) in [5, 5.41) is 9.96. The van der Waals surface area contributed by atoms with Gasteiger partial charge in [-0.05, 0) is 67.8 Å². The molecule has 0 radical (unpaired) electrons. The number of hydrazine groups is 1. The maximum atomic E-state index is 15.0. The van der Waals surface area contributed by atoms with E-state index in [-0.39, 0.29) is 29.4 Å². The molecule has 2 aromatic heterocycles. The fraction of sp³-hybridized carbons (Fsp3) is 0.167. The number of carbonyl (C=O) groups is 3. The van der Waals surface area contributed by atoms with E-state index in [0.717, 1.165) is 12.8 Å². The molecule has 1 atom stereocenters. The fourth-order valence-electron chi connectivity index (χ4n) is 4.69. The van der Waals surface area contributed by atoms with Gasteiger partial charge in [-0.1, -0.05) is 17.9 Å². The van der Waals surface area contributed by atoms with Gasteiger partial charge in [0.15, 0.2) is 0 Å². The lowest BCUT2D eigenvalue weighted by atomic mass is 10.0. The highest BCUT2D eigenvalue weighted by Crippen LogP contribution is 2.26. The number of aliphatic carboxylic acids is 1. The van der Waals surface area contributed by atoms with Crippen molar-refractivity contribution in [2.45, 2.75) is 25.3 Å². The van der Waals surface area contributed by atoms with Crippen molar-refractivity contribution in [1.82, 2.24) is 20.3 Å². The molecule has 4 aromatic rings. The van der Waals surface area contributed by atoms with Gasteiger partial charge in [-0.15, -0.1) is 12.4 Å². The van der Waals surface area contributed by atoms with E-state index in [9.17, 15) is 19.5 Å². The summed E-state index contributed by atoms with van der Waals surface area (Å²) < 4.78 is 15.0. The number of nitrogens with one attached hydrogen (secondary N) is 1. The van der Waals surface area contributed by atoms with Gasteiger partial charge in [0.2, 0.25) is 0 Å². The summed E-state index contributed by atoms with van der Waals surface area (Å²) >= 11 is 0. The van der Waals surface area contributed by atoms with E-state index < -0.39 is 23.7 Å². The van der Waals surface area contributed by atoms with Gasteiger partial charge in [0.1, 0.15) is 11.9 Å². The summed E-state index contributed by atoms with van der Waals surface area (Å²) in [4.78, 5) is 46.7. The van der Waals surface area contributed by atoms with Gasteiger partial charge < -0.3 is 10.0 Å². The lowest BCUT2D eigenvalue weighted by Gasteiger charge is -2.33. The number of nitrogen functional groups attached to an aromatic ring is 1. The number of rotatable bonds is 4. The van der Waals surface area contributed by atoms with E-state index in [2.05, 4.69) is 27.2 Å². The van der Waals surface area contributed by atoms with E-state index >= 15 is 4.39 Å². The third-order valence-corrected chi connectivity index (χ3v) is 6.77. The Morgan fingerprint density at radius 2 is 1.83 bits per heavy atom. The smallest absolute Gasteiger partial charge is 0.326 e. The second kappa shape index (κ2) is 12.6. The minimum Gasteiger partial charge on any atom is -0.480 e. The normalized spacial score (nSPS) is 14.4. The van der Waals surface area contributed by atoms with Crippen LogP contribution in [0.1, 0.15) is 51.1 Å². The van der Waals surface area contributed by atoms with Gasteiger partial charge >= 0.3 is 5.97 Å². The number of nitrogens with two attached hydrogens (primary N) is 1. The molecule has 2 aromatic carbocycles. The lowest BCUT2D eigenvalue weighted by Crippen LogP contribution is -2.47. The van der Waals surface area contributed by atoms with Crippen LogP contribution in [-0.2, 0) is 4.79 Å². The van der Waals surface area contributed by atoms with E-state index in [1.165, 1.54) is 29.3 Å². The molecule has 3 heterocycles. The number of pyridine rings is 2. The number of aromatic nitrogens is 2. The molecule has 1 saturated heterocycles. The largest absolute Gasteiger partial charge is 0.480 e. The van der Waals surface area contributed by atoms with Crippen molar-refractivity contribution < 1.29 is 23.9 Å². The fourth-order valence-corrected chi connectivity index (χ4v) is 4.69. The Kier molecular flexibility index (Phi) is 8.92. The van der Waals surface area contributed by atoms with Gasteiger partial charge in [-0.3, -0.25) is 20.0 Å². The van der Waals surface area contributed by atoms with Crippen LogP contribution in [0.5, 0.6) is 0 Å². The molecule has 1 aliphatic heterocycles. The molecule has 1 aliphatic rings. The summed E-state index contributed by atoms with van der Waals surface area (Å²) in [6.07, 6.45) is 5.04. The zero-order valence-electron chi connectivity index (χ0n) is 21.6. The molecular formula is C30H25ClFN5O4. The number of hydrogen-bond donors (Lipinski definition) is 3. The minimum absolute atomic E-state index is 0. The molecule has 1 fully saturated rings. The first-order valence-electron chi connectivity index (χ1n) is 12.6. The minimum atomic E-state index is -1.00. The number of carbonyl (C=O) groups excluding carboxylic acids is 2. The van der Waals surface area contributed by atoms with Crippen LogP contribution in [0.2, 0.25) is 0 Å². The molecule has 0 aliphatic carbocycles. The number of amides is 2. The second-order valence-electron chi connectivity index (χ2n) is 9.29. The molecule has 5 rings (SSSR count). The highest BCUT2D eigenvalue weighted by Gasteiger charge is 2.32. The van der Waals surface area contributed by atoms with E-state index in [1.54, 1.807) is 42.6 Å². The molecule has 2 amide bonds. The Bertz CT molecular complexity index is 1700. The van der Waals surface area contributed by atoms with E-state index in [4.69, 9.17) is 5.84 Å². The van der Waals surface area contributed by atoms with Gasteiger partial charge in [-0.2, -0.15) is 0 Å². The topological polar surface area (TPSA) is 139 Å². The number of hydrogen-bond acceptors (Lipinski definition) is 6. The van der Waals surface area contributed by atoms with Gasteiger partial charge in [0, 0.05) is 41.0 Å². The van der Waals surface area contributed by atoms with Crippen LogP contribution in [0.4, 0.5) is 4.39 Å². The quantitative estimate of drug-likeness (QED) is 0.145. The molecule has 208 valence electrons. The predicted molar refractivity (Wildman–Crippen MR) is 153 cm³/mol. The van der Waals surface area contributed by atoms with Crippen molar-refractivity contribution in [2.24, 2.45) is 5.84 Å². The zero-order valence-corrected chi connectivity index (χ0v) is 22.5. The Morgan fingerprint density at radius 1 is 1.05 bits per heavy atom. The maximum absolute atomic E-state index is 15.0. The summed E-state index contributed by atoms with van der Waals surface area (Å²) in [6, 6.07) is 13.3. The summed E-state index contributed by atoms with van der Waals surface area (Å²) in [7, 11) is 0. The number of piperidine rings is 1. The summed E-state index contributed by atoms with van der Waals surface area (Å²) in [5.74, 6) is 8.60. The average Bonchev–Trinajstić information content (AvgIpc) is 2.99. The number of likely N-dealkylation sites (tertiary alicyclic amines) is 1. The molecule has 4 N–H and O–H groups in total. The monoisotopic (exact) mass is 573 g/mol. The van der Waals surface area contributed by atoms with Gasteiger partial charge in [0.25, 0.3) is 11.8 Å². The number of halogens is 2. The van der Waals surface area contributed by atoms with Crippen molar-refractivity contribution in [3.05, 3.63) is 95.1 Å². The van der Waals surface area contributed by atoms with Crippen molar-refractivity contribution in [3.63, 3.8) is 0 Å². The van der Waals surface area contributed by atoms with Crippen LogP contribution in [0.3, 0.4) is 0 Å². The van der Waals surface area contributed by atoms with Gasteiger partial charge in [0.05, 0.1) is 22.3 Å². The Balaban J connectivity index is 0.00000387. The van der Waals surface area contributed by atoms with Crippen molar-refractivity contribution >= 4 is 41.1 Å². The highest BCUT2D eigenvalue weighted by molar-refractivity contribution is 6.06. The average molecular weight is 574 g/mol. The first kappa shape index (κ1) is 29.1. The summed E-state index contributed by atoms with van der Waals surface area (Å²) in [6.45, 7) is 0.403. The van der Waals surface area contributed by atoms with Crippen molar-refractivity contribution in [2.75, 3.05) is 6.54 Å². The number of carboxylic acid groups (broad SMARTS) is 1. The van der Waals surface area contributed by atoms with E-state index in [1.807, 2.05) is 0 Å². The molecule has 41 heavy (non-hydrogen) atoms. The lowest BCUT2D eigenvalue weighted by molar-refractivity contribution is -0.143. The maximum Gasteiger partial charge on any atom is 0.326 e. The van der Waals surface area contributed by atoms with Crippen molar-refractivity contribution in [1.29, 1.82) is 0 Å². The van der Waals surface area contributed by atoms with Crippen LogP contribution in [0, 0.1) is 17.7 Å². The number of nitrogens with zero attached hydrogens (tertiary/aromatic N) is 3. The molecule has 0 saturated carbocycles. The Hall–Kier alpha value is -4.85. The third-order valence-electron chi connectivity index (χ3n) is 6.77. The molecular weight excluding hydrogens is 549 g/mol. The molecule has 9 nitrogen and oxygen atoms in total. The standard InChI is InChI=1S/C30H24FN5O4.ClH/c31-24-15-21(26-16-22(28(37)35-32)23-17-33-13-12-25(23)34-26)11-10-19(24)7-4-18-5-8-20(9-6-18)29(38)36-14-2-1-3-27(36)30(39)40;/h5-6,8-13,15-17,27H,1-3,14,32H2,(H,35,37)(H,39,40);1H. The van der Waals surface area contributed by atoms with Crippen LogP contribution < -0.4 is 11.3 Å². The number of benzene rings is 2. The van der Waals surface area contributed by atoms with E-state index in [0.29, 0.717) is 46.3 Å². The molecule has 0 spiro atoms. The van der Waals surface area contributed by atoms with Crippen LogP contribution in [0.25, 0.3) is 22.2 Å². The number of carboxylic acids is 1. The molecule has 0 bridgehead atoms.